The van der Waals surface area contributed by atoms with Gasteiger partial charge >= 0.3 is 0 Å². The Morgan fingerprint density at radius 2 is 2.25 bits per heavy atom. The van der Waals surface area contributed by atoms with E-state index in [0.717, 1.165) is 18.3 Å². The molecule has 0 amide bonds. The van der Waals surface area contributed by atoms with Crippen LogP contribution in [0.5, 0.6) is 5.88 Å². The largest absolute Gasteiger partial charge is 0.474 e. The second-order valence-electron chi connectivity index (χ2n) is 5.89. The molecule has 3 unspecified atom stereocenters. The van der Waals surface area contributed by atoms with Crippen LogP contribution in [0.2, 0.25) is 0 Å². The highest BCUT2D eigenvalue weighted by atomic mass is 16.5. The SMILES string of the molecule is CCNC(C)c1ccnc(OC2CCCC(CC)C2)c1. The molecule has 1 fully saturated rings. The van der Waals surface area contributed by atoms with E-state index in [1.165, 1.54) is 37.7 Å². The monoisotopic (exact) mass is 276 g/mol. The van der Waals surface area contributed by atoms with Crippen LogP contribution in [0.1, 0.15) is 64.5 Å². The minimum Gasteiger partial charge on any atom is -0.474 e. The molecule has 0 bridgehead atoms. The molecule has 3 atom stereocenters. The molecule has 3 nitrogen and oxygen atoms in total. The highest BCUT2D eigenvalue weighted by Crippen LogP contribution is 2.29. The summed E-state index contributed by atoms with van der Waals surface area (Å²) in [5, 5.41) is 3.43. The van der Waals surface area contributed by atoms with Crippen LogP contribution in [0.15, 0.2) is 18.3 Å². The lowest BCUT2D eigenvalue weighted by atomic mass is 9.85. The number of ether oxygens (including phenoxy) is 1. The second kappa shape index (κ2) is 7.63. The summed E-state index contributed by atoms with van der Waals surface area (Å²) >= 11 is 0. The van der Waals surface area contributed by atoms with Crippen LogP contribution in [0.4, 0.5) is 0 Å². The van der Waals surface area contributed by atoms with E-state index in [9.17, 15) is 0 Å². The summed E-state index contributed by atoms with van der Waals surface area (Å²) in [5.41, 5.74) is 1.25. The van der Waals surface area contributed by atoms with Crippen molar-refractivity contribution in [3.8, 4) is 5.88 Å². The van der Waals surface area contributed by atoms with Crippen LogP contribution in [-0.2, 0) is 0 Å². The van der Waals surface area contributed by atoms with E-state index in [1.54, 1.807) is 0 Å². The molecular formula is C17H28N2O. The van der Waals surface area contributed by atoms with Gasteiger partial charge in [0, 0.05) is 18.3 Å². The van der Waals surface area contributed by atoms with E-state index in [-0.39, 0.29) is 0 Å². The predicted octanol–water partition coefficient (Wildman–Crippen LogP) is 4.10. The molecule has 1 saturated carbocycles. The molecule has 1 heterocycles. The summed E-state index contributed by atoms with van der Waals surface area (Å²) in [5.74, 6) is 1.62. The molecule has 1 aliphatic carbocycles. The fourth-order valence-electron chi connectivity index (χ4n) is 3.07. The molecular weight excluding hydrogens is 248 g/mol. The Labute approximate surface area is 123 Å². The van der Waals surface area contributed by atoms with Gasteiger partial charge in [-0.05, 0) is 50.3 Å². The van der Waals surface area contributed by atoms with Gasteiger partial charge in [0.05, 0.1) is 0 Å². The van der Waals surface area contributed by atoms with Gasteiger partial charge in [-0.2, -0.15) is 0 Å². The maximum Gasteiger partial charge on any atom is 0.213 e. The van der Waals surface area contributed by atoms with E-state index < -0.39 is 0 Å². The van der Waals surface area contributed by atoms with Crippen molar-refractivity contribution in [2.45, 2.75) is 65.0 Å². The van der Waals surface area contributed by atoms with Crippen LogP contribution in [0.25, 0.3) is 0 Å². The van der Waals surface area contributed by atoms with Crippen molar-refractivity contribution >= 4 is 0 Å². The van der Waals surface area contributed by atoms with Crippen molar-refractivity contribution in [3.63, 3.8) is 0 Å². The van der Waals surface area contributed by atoms with Gasteiger partial charge < -0.3 is 10.1 Å². The van der Waals surface area contributed by atoms with Gasteiger partial charge in [-0.3, -0.25) is 0 Å². The number of aromatic nitrogens is 1. The van der Waals surface area contributed by atoms with Gasteiger partial charge in [-0.15, -0.1) is 0 Å². The van der Waals surface area contributed by atoms with Crippen molar-refractivity contribution < 1.29 is 4.74 Å². The summed E-state index contributed by atoms with van der Waals surface area (Å²) in [6, 6.07) is 4.50. The molecule has 2 rings (SSSR count). The van der Waals surface area contributed by atoms with Crippen molar-refractivity contribution in [3.05, 3.63) is 23.9 Å². The molecule has 0 spiro atoms. The van der Waals surface area contributed by atoms with Crippen LogP contribution in [0, 0.1) is 5.92 Å². The van der Waals surface area contributed by atoms with Crippen molar-refractivity contribution in [2.75, 3.05) is 6.54 Å². The van der Waals surface area contributed by atoms with Crippen molar-refractivity contribution in [2.24, 2.45) is 5.92 Å². The van der Waals surface area contributed by atoms with Gasteiger partial charge in [-0.25, -0.2) is 4.98 Å². The molecule has 1 aliphatic rings. The Bertz CT molecular complexity index is 408. The molecule has 0 aliphatic heterocycles. The Morgan fingerprint density at radius 1 is 1.40 bits per heavy atom. The molecule has 3 heteroatoms. The molecule has 1 aromatic heterocycles. The van der Waals surface area contributed by atoms with E-state index in [4.69, 9.17) is 4.74 Å². The quantitative estimate of drug-likeness (QED) is 0.849. The Morgan fingerprint density at radius 3 is 3.00 bits per heavy atom. The predicted molar refractivity (Wildman–Crippen MR) is 83.0 cm³/mol. The molecule has 1 aromatic rings. The third-order valence-corrected chi connectivity index (χ3v) is 4.37. The fourth-order valence-corrected chi connectivity index (χ4v) is 3.07. The molecule has 1 N–H and O–H groups in total. The zero-order valence-electron chi connectivity index (χ0n) is 13.1. The van der Waals surface area contributed by atoms with E-state index in [1.807, 2.05) is 6.20 Å². The van der Waals surface area contributed by atoms with E-state index in [2.05, 4.69) is 43.2 Å². The zero-order chi connectivity index (χ0) is 14.4. The lowest BCUT2D eigenvalue weighted by Gasteiger charge is -2.28. The van der Waals surface area contributed by atoms with Crippen molar-refractivity contribution in [1.82, 2.24) is 10.3 Å². The summed E-state index contributed by atoms with van der Waals surface area (Å²) < 4.78 is 6.12. The number of rotatable bonds is 6. The summed E-state index contributed by atoms with van der Waals surface area (Å²) in [7, 11) is 0. The maximum atomic E-state index is 6.12. The third-order valence-electron chi connectivity index (χ3n) is 4.37. The number of pyridine rings is 1. The third kappa shape index (κ3) is 4.20. The first-order chi connectivity index (χ1) is 9.72. The molecule has 20 heavy (non-hydrogen) atoms. The zero-order valence-corrected chi connectivity index (χ0v) is 13.1. The van der Waals surface area contributed by atoms with E-state index in [0.29, 0.717) is 12.1 Å². The Hall–Kier alpha value is -1.09. The highest BCUT2D eigenvalue weighted by molar-refractivity contribution is 5.23. The molecule has 0 saturated heterocycles. The fraction of sp³-hybridized carbons (Fsp3) is 0.706. The maximum absolute atomic E-state index is 6.12. The molecule has 112 valence electrons. The van der Waals surface area contributed by atoms with Gasteiger partial charge in [0.1, 0.15) is 6.10 Å². The smallest absolute Gasteiger partial charge is 0.213 e. The average molecular weight is 276 g/mol. The lowest BCUT2D eigenvalue weighted by molar-refractivity contribution is 0.117. The summed E-state index contributed by atoms with van der Waals surface area (Å²) in [6.07, 6.45) is 8.49. The summed E-state index contributed by atoms with van der Waals surface area (Å²) in [6.45, 7) is 7.56. The van der Waals surface area contributed by atoms with Gasteiger partial charge in [-0.1, -0.05) is 26.7 Å². The van der Waals surface area contributed by atoms with Crippen LogP contribution < -0.4 is 10.1 Å². The number of nitrogens with one attached hydrogen (secondary N) is 1. The normalized spacial score (nSPS) is 24.4. The first-order valence-electron chi connectivity index (χ1n) is 8.08. The minimum absolute atomic E-state index is 0.347. The van der Waals surface area contributed by atoms with Gasteiger partial charge in [0.2, 0.25) is 5.88 Å². The lowest BCUT2D eigenvalue weighted by Crippen LogP contribution is -2.25. The highest BCUT2D eigenvalue weighted by Gasteiger charge is 2.22. The van der Waals surface area contributed by atoms with Crippen LogP contribution in [-0.4, -0.2) is 17.6 Å². The Balaban J connectivity index is 1.97. The second-order valence-corrected chi connectivity index (χ2v) is 5.89. The minimum atomic E-state index is 0.347. The summed E-state index contributed by atoms with van der Waals surface area (Å²) in [4.78, 5) is 4.38. The topological polar surface area (TPSA) is 34.2 Å². The Kier molecular flexibility index (Phi) is 5.84. The number of hydrogen-bond acceptors (Lipinski definition) is 3. The first-order valence-corrected chi connectivity index (χ1v) is 8.08. The molecule has 0 radical (unpaired) electrons. The van der Waals surface area contributed by atoms with Crippen LogP contribution >= 0.6 is 0 Å². The number of hydrogen-bond donors (Lipinski definition) is 1. The number of nitrogens with zero attached hydrogens (tertiary/aromatic N) is 1. The standard InChI is InChI=1S/C17H28N2O/c1-4-14-7-6-8-16(11-14)20-17-12-15(9-10-19-17)13(3)18-5-2/h9-10,12-14,16,18H,4-8,11H2,1-3H3. The van der Waals surface area contributed by atoms with E-state index >= 15 is 0 Å². The van der Waals surface area contributed by atoms with Gasteiger partial charge in [0.15, 0.2) is 0 Å². The van der Waals surface area contributed by atoms with Gasteiger partial charge in [0.25, 0.3) is 0 Å². The van der Waals surface area contributed by atoms with Crippen molar-refractivity contribution in [1.29, 1.82) is 0 Å². The average Bonchev–Trinajstić information content (AvgIpc) is 2.48. The van der Waals surface area contributed by atoms with Crippen LogP contribution in [0.3, 0.4) is 0 Å². The molecule has 0 aromatic carbocycles. The first kappa shape index (κ1) is 15.3.